The van der Waals surface area contributed by atoms with Crippen molar-refractivity contribution in [3.63, 3.8) is 0 Å². The van der Waals surface area contributed by atoms with Crippen LogP contribution in [0.4, 0.5) is 5.82 Å². The lowest BCUT2D eigenvalue weighted by Gasteiger charge is -2.35. The largest absolute Gasteiger partial charge is 0.507 e. The Balaban J connectivity index is 1.41. The number of benzene rings is 3. The molecule has 3 aromatic carbocycles. The Kier molecular flexibility index (Phi) is 5.97. The summed E-state index contributed by atoms with van der Waals surface area (Å²) in [5.41, 5.74) is 3.83. The van der Waals surface area contributed by atoms with Crippen molar-refractivity contribution in [2.24, 2.45) is 5.92 Å². The van der Waals surface area contributed by atoms with E-state index >= 15 is 0 Å². The van der Waals surface area contributed by atoms with Crippen molar-refractivity contribution in [2.45, 2.75) is 32.3 Å². The molecule has 1 atom stereocenters. The highest BCUT2D eigenvalue weighted by Gasteiger charge is 2.27. The Labute approximate surface area is 194 Å². The van der Waals surface area contributed by atoms with E-state index in [-0.39, 0.29) is 17.8 Å². The third kappa shape index (κ3) is 4.55. The van der Waals surface area contributed by atoms with Gasteiger partial charge in [-0.1, -0.05) is 48.5 Å². The van der Waals surface area contributed by atoms with Crippen LogP contribution >= 0.6 is 0 Å². The number of nitrogens with zero attached hydrogens (tertiary/aromatic N) is 3. The maximum Gasteiger partial charge on any atom is 0.165 e. The van der Waals surface area contributed by atoms with Gasteiger partial charge in [0.05, 0.1) is 17.2 Å². The van der Waals surface area contributed by atoms with Gasteiger partial charge in [0.2, 0.25) is 0 Å². The van der Waals surface area contributed by atoms with Crippen LogP contribution in [-0.4, -0.2) is 39.4 Å². The molecule has 0 radical (unpaired) electrons. The molecular weight excluding hydrogens is 410 g/mol. The van der Waals surface area contributed by atoms with Crippen molar-refractivity contribution in [2.75, 3.05) is 18.0 Å². The Bertz CT molecular complexity index is 1250. The second-order valence-electron chi connectivity index (χ2n) is 8.99. The van der Waals surface area contributed by atoms with E-state index in [1.54, 1.807) is 12.1 Å². The maximum atomic E-state index is 10.8. The summed E-state index contributed by atoms with van der Waals surface area (Å²) in [5.74, 6) is 1.88. The summed E-state index contributed by atoms with van der Waals surface area (Å²) in [6, 6.07) is 23.7. The number of aromatic hydroxyl groups is 1. The predicted molar refractivity (Wildman–Crippen MR) is 132 cm³/mol. The predicted octanol–water partition coefficient (Wildman–Crippen LogP) is 5.13. The highest BCUT2D eigenvalue weighted by molar-refractivity contribution is 5.92. The fourth-order valence-corrected chi connectivity index (χ4v) is 4.77. The van der Waals surface area contributed by atoms with Gasteiger partial charge in [-0.25, -0.2) is 9.97 Å². The molecule has 33 heavy (non-hydrogen) atoms. The molecule has 1 unspecified atom stereocenters. The van der Waals surface area contributed by atoms with Crippen LogP contribution in [0.1, 0.15) is 24.0 Å². The number of hydrogen-bond acceptors (Lipinski definition) is 5. The van der Waals surface area contributed by atoms with Crippen LogP contribution in [0.2, 0.25) is 0 Å². The van der Waals surface area contributed by atoms with E-state index in [1.807, 2.05) is 30.3 Å². The molecule has 2 N–H and O–H groups in total. The zero-order valence-electron chi connectivity index (χ0n) is 18.9. The fourth-order valence-electron chi connectivity index (χ4n) is 4.77. The number of phenols is 1. The smallest absolute Gasteiger partial charge is 0.165 e. The second-order valence-corrected chi connectivity index (χ2v) is 8.99. The zero-order valence-corrected chi connectivity index (χ0v) is 18.9. The van der Waals surface area contributed by atoms with Crippen LogP contribution in [0.15, 0.2) is 72.8 Å². The van der Waals surface area contributed by atoms with Gasteiger partial charge in [0.1, 0.15) is 11.6 Å². The first kappa shape index (κ1) is 21.4. The first-order chi connectivity index (χ1) is 16.1. The number of aromatic nitrogens is 2. The number of piperidine rings is 1. The van der Waals surface area contributed by atoms with Gasteiger partial charge in [0, 0.05) is 18.5 Å². The third-order valence-corrected chi connectivity index (χ3v) is 6.65. The average Bonchev–Trinajstić information content (AvgIpc) is 2.84. The van der Waals surface area contributed by atoms with Crippen LogP contribution in [0, 0.1) is 12.8 Å². The van der Waals surface area contributed by atoms with Gasteiger partial charge in [0.25, 0.3) is 0 Å². The summed E-state index contributed by atoms with van der Waals surface area (Å²) in [4.78, 5) is 12.0. The summed E-state index contributed by atoms with van der Waals surface area (Å²) in [5, 5.41) is 22.2. The number of para-hydroxylation sites is 1. The van der Waals surface area contributed by atoms with Crippen molar-refractivity contribution in [3.8, 4) is 17.1 Å². The van der Waals surface area contributed by atoms with Crippen molar-refractivity contribution in [3.05, 3.63) is 83.9 Å². The second kappa shape index (κ2) is 9.20. The number of fused-ring (bicyclic) bond motifs is 1. The molecule has 1 fully saturated rings. The number of aliphatic hydroxyl groups is 1. The zero-order chi connectivity index (χ0) is 22.8. The van der Waals surface area contributed by atoms with E-state index in [0.717, 1.165) is 48.2 Å². The summed E-state index contributed by atoms with van der Waals surface area (Å²) in [6.45, 7) is 3.72. The first-order valence-corrected chi connectivity index (χ1v) is 11.6. The Hall–Kier alpha value is -3.44. The molecule has 5 rings (SSSR count). The number of anilines is 1. The SMILES string of the molecule is Cc1ccc2c(N3CCC(C(O)Cc4ccccc4)CC3)nc(-c3ccccc3O)nc2c1. The molecule has 168 valence electrons. The Morgan fingerprint density at radius 3 is 2.42 bits per heavy atom. The number of rotatable bonds is 5. The van der Waals surface area contributed by atoms with E-state index in [9.17, 15) is 10.2 Å². The lowest BCUT2D eigenvalue weighted by molar-refractivity contribution is 0.0929. The third-order valence-electron chi connectivity index (χ3n) is 6.65. The lowest BCUT2D eigenvalue weighted by atomic mass is 9.88. The fraction of sp³-hybridized carbons (Fsp3) is 0.286. The van der Waals surface area contributed by atoms with Gasteiger partial charge in [-0.3, -0.25) is 0 Å². The average molecular weight is 440 g/mol. The molecule has 5 heteroatoms. The van der Waals surface area contributed by atoms with Gasteiger partial charge < -0.3 is 15.1 Å². The molecule has 5 nitrogen and oxygen atoms in total. The Morgan fingerprint density at radius 1 is 0.939 bits per heavy atom. The summed E-state index contributed by atoms with van der Waals surface area (Å²) in [6.07, 6.45) is 2.18. The van der Waals surface area contributed by atoms with Gasteiger partial charge in [0.15, 0.2) is 5.82 Å². The molecule has 0 spiro atoms. The normalized spacial score (nSPS) is 15.6. The van der Waals surface area contributed by atoms with E-state index in [0.29, 0.717) is 17.8 Å². The number of aryl methyl sites for hydroxylation is 1. The minimum atomic E-state index is -0.337. The first-order valence-electron chi connectivity index (χ1n) is 11.6. The van der Waals surface area contributed by atoms with Gasteiger partial charge in [-0.05, 0) is 67.5 Å². The minimum absolute atomic E-state index is 0.179. The summed E-state index contributed by atoms with van der Waals surface area (Å²) in [7, 11) is 0. The summed E-state index contributed by atoms with van der Waals surface area (Å²) >= 11 is 0. The number of phenolic OH excluding ortho intramolecular Hbond substituents is 1. The molecule has 0 bridgehead atoms. The molecule has 1 aliphatic heterocycles. The van der Waals surface area contributed by atoms with E-state index < -0.39 is 0 Å². The monoisotopic (exact) mass is 439 g/mol. The Morgan fingerprint density at radius 2 is 1.67 bits per heavy atom. The molecule has 1 aliphatic rings. The van der Waals surface area contributed by atoms with Gasteiger partial charge in [-0.15, -0.1) is 0 Å². The number of hydrogen-bond donors (Lipinski definition) is 2. The van der Waals surface area contributed by atoms with Gasteiger partial charge >= 0.3 is 0 Å². The quantitative estimate of drug-likeness (QED) is 0.451. The van der Waals surface area contributed by atoms with Crippen LogP contribution in [0.3, 0.4) is 0 Å². The van der Waals surface area contributed by atoms with Crippen LogP contribution in [-0.2, 0) is 6.42 Å². The van der Waals surface area contributed by atoms with Crippen LogP contribution in [0.5, 0.6) is 5.75 Å². The molecule has 0 amide bonds. The van der Waals surface area contributed by atoms with E-state index in [4.69, 9.17) is 9.97 Å². The molecule has 4 aromatic rings. The van der Waals surface area contributed by atoms with Crippen LogP contribution < -0.4 is 4.90 Å². The molecular formula is C28H29N3O2. The highest BCUT2D eigenvalue weighted by atomic mass is 16.3. The molecule has 0 aliphatic carbocycles. The van der Waals surface area contributed by atoms with Crippen molar-refractivity contribution in [1.82, 2.24) is 9.97 Å². The van der Waals surface area contributed by atoms with Crippen molar-refractivity contribution < 1.29 is 10.2 Å². The van der Waals surface area contributed by atoms with Crippen LogP contribution in [0.25, 0.3) is 22.3 Å². The van der Waals surface area contributed by atoms with E-state index in [2.05, 4.69) is 42.2 Å². The standard InChI is InChI=1S/C28H29N3O2/c1-19-11-12-22-24(17-19)29-27(23-9-5-6-10-25(23)32)30-28(22)31-15-13-21(14-16-31)26(33)18-20-7-3-2-4-8-20/h2-12,17,21,26,32-33H,13-16,18H2,1H3. The number of aliphatic hydroxyl groups excluding tert-OH is 1. The lowest BCUT2D eigenvalue weighted by Crippen LogP contribution is -2.39. The molecule has 0 saturated carbocycles. The molecule has 1 aromatic heterocycles. The highest BCUT2D eigenvalue weighted by Crippen LogP contribution is 2.34. The van der Waals surface area contributed by atoms with Crippen molar-refractivity contribution in [1.29, 1.82) is 0 Å². The topological polar surface area (TPSA) is 69.5 Å². The van der Waals surface area contributed by atoms with Crippen molar-refractivity contribution >= 4 is 16.7 Å². The minimum Gasteiger partial charge on any atom is -0.507 e. The maximum absolute atomic E-state index is 10.8. The van der Waals surface area contributed by atoms with Gasteiger partial charge in [-0.2, -0.15) is 0 Å². The molecule has 1 saturated heterocycles. The van der Waals surface area contributed by atoms with E-state index in [1.165, 1.54) is 5.56 Å². The molecule has 2 heterocycles. The summed E-state index contributed by atoms with van der Waals surface area (Å²) < 4.78 is 0.